The average molecular weight is 680 g/mol. The number of benzene rings is 1. The molecule has 1 aliphatic carbocycles. The number of fused-ring (bicyclic) bond motifs is 2. The van der Waals surface area contributed by atoms with Crippen LogP contribution in [0.5, 0.6) is 5.75 Å². The molecule has 3 atom stereocenters. The fourth-order valence-electron chi connectivity index (χ4n) is 6.88. The van der Waals surface area contributed by atoms with E-state index in [0.29, 0.717) is 66.2 Å². The lowest BCUT2D eigenvalue weighted by atomic mass is 9.89. The van der Waals surface area contributed by atoms with Crippen LogP contribution in [0.1, 0.15) is 45.4 Å². The molecule has 0 amide bonds. The first-order valence-corrected chi connectivity index (χ1v) is 17.2. The van der Waals surface area contributed by atoms with Crippen molar-refractivity contribution < 1.29 is 18.9 Å². The van der Waals surface area contributed by atoms with E-state index >= 15 is 0 Å². The highest BCUT2D eigenvalue weighted by Crippen LogP contribution is 2.36. The fraction of sp³-hybridized carbons (Fsp3) is 0.559. The van der Waals surface area contributed by atoms with E-state index in [-0.39, 0.29) is 12.1 Å². The van der Waals surface area contributed by atoms with Crippen LogP contribution in [0.2, 0.25) is 5.02 Å². The molecule has 2 saturated heterocycles. The molecule has 258 valence electrons. The normalized spacial score (nSPS) is 23.9. The molecule has 3 fully saturated rings. The molecule has 6 rings (SSSR count). The minimum atomic E-state index is -0.170. The van der Waals surface area contributed by atoms with Gasteiger partial charge in [0.05, 0.1) is 43.6 Å². The first kappa shape index (κ1) is 34.1. The van der Waals surface area contributed by atoms with Crippen LogP contribution >= 0.6 is 11.6 Å². The molecule has 14 heteroatoms. The summed E-state index contributed by atoms with van der Waals surface area (Å²) < 4.78 is 24.9. The second-order valence-corrected chi connectivity index (χ2v) is 13.0. The summed E-state index contributed by atoms with van der Waals surface area (Å²) in [6, 6.07) is 7.69. The Hall–Kier alpha value is -3.78. The van der Waals surface area contributed by atoms with Gasteiger partial charge in [-0.3, -0.25) is 9.89 Å². The van der Waals surface area contributed by atoms with Crippen LogP contribution in [0.4, 0.5) is 5.95 Å². The van der Waals surface area contributed by atoms with Crippen molar-refractivity contribution in [3.05, 3.63) is 59.9 Å². The van der Waals surface area contributed by atoms with Gasteiger partial charge in [-0.25, -0.2) is 19.6 Å². The fourth-order valence-corrected chi connectivity index (χ4v) is 7.04. The van der Waals surface area contributed by atoms with Crippen LogP contribution in [0.25, 0.3) is 11.1 Å². The van der Waals surface area contributed by atoms with Gasteiger partial charge in [0.15, 0.2) is 0 Å². The van der Waals surface area contributed by atoms with E-state index in [1.54, 1.807) is 30.5 Å². The lowest BCUT2D eigenvalue weighted by Gasteiger charge is -2.43. The molecule has 2 bridgehead atoms. The number of aliphatic imine (C=N–C) groups is 1. The van der Waals surface area contributed by atoms with Crippen molar-refractivity contribution in [2.45, 2.75) is 82.3 Å². The van der Waals surface area contributed by atoms with Gasteiger partial charge in [-0.15, -0.1) is 0 Å². The van der Waals surface area contributed by atoms with Crippen LogP contribution in [-0.4, -0.2) is 107 Å². The molecule has 3 aromatic rings. The minimum absolute atomic E-state index is 0.170. The number of morpholine rings is 1. The van der Waals surface area contributed by atoms with Crippen molar-refractivity contribution in [3.63, 3.8) is 0 Å². The number of nitrogens with zero attached hydrogens (tertiary/aromatic N) is 7. The van der Waals surface area contributed by atoms with Crippen LogP contribution < -0.4 is 15.4 Å². The maximum Gasteiger partial charge on any atom is 0.227 e. The Morgan fingerprint density at radius 2 is 1.81 bits per heavy atom. The van der Waals surface area contributed by atoms with E-state index in [4.69, 9.17) is 35.5 Å². The van der Waals surface area contributed by atoms with Crippen molar-refractivity contribution in [2.24, 2.45) is 4.99 Å². The number of anilines is 1. The first-order chi connectivity index (χ1) is 23.5. The summed E-state index contributed by atoms with van der Waals surface area (Å²) in [4.78, 5) is 21.0. The van der Waals surface area contributed by atoms with Crippen LogP contribution in [0.3, 0.4) is 0 Å². The molecule has 0 radical (unpaired) electrons. The summed E-state index contributed by atoms with van der Waals surface area (Å²) in [6.45, 7) is 5.11. The van der Waals surface area contributed by atoms with Crippen molar-refractivity contribution in [1.82, 2.24) is 34.9 Å². The Morgan fingerprint density at radius 1 is 1.06 bits per heavy atom. The highest BCUT2D eigenvalue weighted by molar-refractivity contribution is 6.32. The molecule has 2 N–H and O–H groups in total. The lowest BCUT2D eigenvalue weighted by Crippen LogP contribution is -2.52. The molecular formula is C34H46ClN9O4. The molecule has 0 spiro atoms. The second kappa shape index (κ2) is 16.6. The maximum atomic E-state index is 6.47. The number of rotatable bonds is 15. The summed E-state index contributed by atoms with van der Waals surface area (Å²) in [5.41, 5.74) is 2.35. The molecule has 0 unspecified atom stereocenters. The number of methoxy groups -OCH3 is 1. The average Bonchev–Trinajstić information content (AvgIpc) is 3.70. The number of aromatic nitrogens is 5. The zero-order valence-corrected chi connectivity index (χ0v) is 28.7. The van der Waals surface area contributed by atoms with Gasteiger partial charge in [0.1, 0.15) is 36.8 Å². The molecule has 2 aliphatic heterocycles. The van der Waals surface area contributed by atoms with Gasteiger partial charge < -0.3 is 29.6 Å². The summed E-state index contributed by atoms with van der Waals surface area (Å²) in [5.74, 6) is 1.53. The molecule has 2 aromatic heterocycles. The quantitative estimate of drug-likeness (QED) is 0.133. The van der Waals surface area contributed by atoms with Gasteiger partial charge in [-0.1, -0.05) is 17.7 Å². The number of halogens is 1. The van der Waals surface area contributed by atoms with E-state index < -0.39 is 0 Å². The van der Waals surface area contributed by atoms with Gasteiger partial charge in [-0.05, 0) is 63.1 Å². The lowest BCUT2D eigenvalue weighted by molar-refractivity contribution is -0.0439. The standard InChI is InChI=1S/C34H46ClN9O4/c1-23(18-43-22-37-21-41-43)48-32-14-24(4-11-30(32)35)25-15-39-34(40-16-25)42-31(33(36-2)47-13-12-45-3)17-38-26-5-7-27(8-6-26)44-28-9-10-29(44)20-46-19-28/h4,11,14-17,21-23,26-29,36H,5-10,12-13,18-20H2,1-3H3,(H,39,40,42)/b33-31-,38-17?/t23-,26?,27?,28-,29+/m0/s1. The van der Waals surface area contributed by atoms with E-state index in [2.05, 4.69) is 35.6 Å². The SMILES string of the molecule is CN/C(OCCOC)=C(\C=NC1CCC(N2[C@@H]3CC[C@H]2COC3)CC1)Nc1ncc(-c2ccc(Cl)c(O[C@@H](C)Cn3cncn3)c2)cn1. The molecule has 13 nitrogen and oxygen atoms in total. The highest BCUT2D eigenvalue weighted by atomic mass is 35.5. The molecule has 1 aromatic carbocycles. The van der Waals surface area contributed by atoms with Crippen molar-refractivity contribution in [2.75, 3.05) is 45.9 Å². The number of nitrogens with one attached hydrogen (secondary N) is 2. The molecular weight excluding hydrogens is 634 g/mol. The second-order valence-electron chi connectivity index (χ2n) is 12.6. The molecule has 1 saturated carbocycles. The Bertz CT molecular complexity index is 1500. The van der Waals surface area contributed by atoms with Gasteiger partial charge in [0, 0.05) is 50.2 Å². The largest absolute Gasteiger partial charge is 0.487 e. The summed E-state index contributed by atoms with van der Waals surface area (Å²) in [5, 5.41) is 11.1. The number of allylic oxidation sites excluding steroid dienone is 1. The van der Waals surface area contributed by atoms with Gasteiger partial charge in [0.2, 0.25) is 11.8 Å². The van der Waals surface area contributed by atoms with Crippen molar-refractivity contribution in [1.29, 1.82) is 0 Å². The van der Waals surface area contributed by atoms with E-state index in [1.165, 1.54) is 19.2 Å². The first-order valence-electron chi connectivity index (χ1n) is 16.8. The summed E-state index contributed by atoms with van der Waals surface area (Å²) >= 11 is 6.47. The predicted octanol–water partition coefficient (Wildman–Crippen LogP) is 4.56. The predicted molar refractivity (Wildman–Crippen MR) is 184 cm³/mol. The van der Waals surface area contributed by atoms with Crippen molar-refractivity contribution in [3.8, 4) is 16.9 Å². The third-order valence-corrected chi connectivity index (χ3v) is 9.52. The van der Waals surface area contributed by atoms with E-state index in [1.807, 2.05) is 38.4 Å². The Labute approximate surface area is 287 Å². The Morgan fingerprint density at radius 3 is 2.50 bits per heavy atom. The molecule has 48 heavy (non-hydrogen) atoms. The number of hydrogen-bond donors (Lipinski definition) is 2. The summed E-state index contributed by atoms with van der Waals surface area (Å²) in [6.07, 6.45) is 15.3. The Balaban J connectivity index is 1.11. The zero-order chi connectivity index (χ0) is 33.3. The Kier molecular flexibility index (Phi) is 11.8. The van der Waals surface area contributed by atoms with Crippen LogP contribution in [0.15, 0.2) is 59.8 Å². The topological polar surface area (TPSA) is 133 Å². The van der Waals surface area contributed by atoms with Gasteiger partial charge >= 0.3 is 0 Å². The zero-order valence-electron chi connectivity index (χ0n) is 27.9. The monoisotopic (exact) mass is 679 g/mol. The molecule has 3 aliphatic rings. The van der Waals surface area contributed by atoms with Crippen LogP contribution in [-0.2, 0) is 20.8 Å². The van der Waals surface area contributed by atoms with E-state index in [9.17, 15) is 0 Å². The number of hydrogen-bond acceptors (Lipinski definition) is 12. The van der Waals surface area contributed by atoms with Crippen LogP contribution in [0, 0.1) is 0 Å². The third-order valence-electron chi connectivity index (χ3n) is 9.21. The van der Waals surface area contributed by atoms with Gasteiger partial charge in [0.25, 0.3) is 0 Å². The third kappa shape index (κ3) is 8.62. The smallest absolute Gasteiger partial charge is 0.227 e. The van der Waals surface area contributed by atoms with E-state index in [0.717, 1.165) is 50.0 Å². The van der Waals surface area contributed by atoms with Crippen molar-refractivity contribution >= 4 is 23.8 Å². The molecule has 4 heterocycles. The summed E-state index contributed by atoms with van der Waals surface area (Å²) in [7, 11) is 3.46. The van der Waals surface area contributed by atoms with Gasteiger partial charge in [-0.2, -0.15) is 5.10 Å². The minimum Gasteiger partial charge on any atom is -0.487 e. The maximum absolute atomic E-state index is 6.47. The highest BCUT2D eigenvalue weighted by Gasteiger charge is 2.42. The number of ether oxygens (including phenoxy) is 4.